The number of carbonyl (C=O) groups excluding carboxylic acids is 1. The molecule has 0 saturated heterocycles. The maximum absolute atomic E-state index is 11.4. The van der Waals surface area contributed by atoms with E-state index in [1.54, 1.807) is 24.3 Å². The summed E-state index contributed by atoms with van der Waals surface area (Å²) in [6, 6.07) is 14.7. The topological polar surface area (TPSA) is 64.3 Å². The predicted molar refractivity (Wildman–Crippen MR) is 76.6 cm³/mol. The molecule has 0 aliphatic carbocycles. The minimum atomic E-state index is -0.340. The van der Waals surface area contributed by atoms with Crippen molar-refractivity contribution in [3.05, 3.63) is 64.1 Å². The lowest BCUT2D eigenvalue weighted by atomic mass is 10.2. The molecule has 0 fully saturated rings. The molecule has 19 heavy (non-hydrogen) atoms. The Bertz CT molecular complexity index is 587. The van der Waals surface area contributed by atoms with E-state index < -0.39 is 0 Å². The predicted octanol–water partition coefficient (Wildman–Crippen LogP) is 2.63. The van der Waals surface area contributed by atoms with Crippen molar-refractivity contribution in [1.29, 1.82) is 0 Å². The van der Waals surface area contributed by atoms with Gasteiger partial charge in [-0.25, -0.2) is 5.84 Å². The third-order valence-electron chi connectivity index (χ3n) is 2.52. The zero-order valence-corrected chi connectivity index (χ0v) is 11.7. The molecule has 0 unspecified atom stereocenters. The molecule has 0 aliphatic rings. The molecule has 2 aromatic carbocycles. The van der Waals surface area contributed by atoms with Crippen LogP contribution in [-0.2, 0) is 6.61 Å². The monoisotopic (exact) mass is 320 g/mol. The molecule has 98 valence electrons. The Morgan fingerprint density at radius 2 is 2.00 bits per heavy atom. The van der Waals surface area contributed by atoms with Crippen molar-refractivity contribution in [2.24, 2.45) is 5.84 Å². The summed E-state index contributed by atoms with van der Waals surface area (Å²) < 4.78 is 6.65. The average molecular weight is 321 g/mol. The van der Waals surface area contributed by atoms with E-state index in [9.17, 15) is 4.79 Å². The van der Waals surface area contributed by atoms with Gasteiger partial charge in [0.1, 0.15) is 12.4 Å². The summed E-state index contributed by atoms with van der Waals surface area (Å²) in [5.74, 6) is 5.38. The van der Waals surface area contributed by atoms with E-state index in [2.05, 4.69) is 21.4 Å². The maximum atomic E-state index is 11.4. The number of hydrogen-bond donors (Lipinski definition) is 2. The van der Waals surface area contributed by atoms with Crippen molar-refractivity contribution in [1.82, 2.24) is 5.43 Å². The molecule has 1 amide bonds. The number of amides is 1. The van der Waals surface area contributed by atoms with Crippen LogP contribution in [0, 0.1) is 0 Å². The Morgan fingerprint density at radius 3 is 2.74 bits per heavy atom. The van der Waals surface area contributed by atoms with Crippen molar-refractivity contribution in [3.8, 4) is 5.75 Å². The van der Waals surface area contributed by atoms with E-state index >= 15 is 0 Å². The highest BCUT2D eigenvalue weighted by molar-refractivity contribution is 9.10. The molecular weight excluding hydrogens is 308 g/mol. The van der Waals surface area contributed by atoms with Gasteiger partial charge in [-0.3, -0.25) is 10.2 Å². The summed E-state index contributed by atoms with van der Waals surface area (Å²) in [5, 5.41) is 0. The smallest absolute Gasteiger partial charge is 0.265 e. The molecular formula is C14H13BrN2O2. The molecule has 0 aromatic heterocycles. The maximum Gasteiger partial charge on any atom is 0.265 e. The van der Waals surface area contributed by atoms with Crippen LogP contribution < -0.4 is 16.0 Å². The molecule has 0 heterocycles. The average Bonchev–Trinajstić information content (AvgIpc) is 2.45. The SMILES string of the molecule is NNC(=O)c1cccc(OCc2cccc(Br)c2)c1. The number of nitrogens with one attached hydrogen (secondary N) is 1. The summed E-state index contributed by atoms with van der Waals surface area (Å²) in [6.07, 6.45) is 0. The number of rotatable bonds is 4. The summed E-state index contributed by atoms with van der Waals surface area (Å²) in [4.78, 5) is 11.4. The molecule has 0 saturated carbocycles. The summed E-state index contributed by atoms with van der Waals surface area (Å²) in [5.41, 5.74) is 3.60. The molecule has 0 spiro atoms. The standard InChI is InChI=1S/C14H13BrN2O2/c15-12-5-1-3-10(7-12)9-19-13-6-2-4-11(8-13)14(18)17-16/h1-8H,9,16H2,(H,17,18). The van der Waals surface area contributed by atoms with E-state index in [-0.39, 0.29) is 5.91 Å². The van der Waals surface area contributed by atoms with E-state index in [0.717, 1.165) is 10.0 Å². The number of hydrogen-bond acceptors (Lipinski definition) is 3. The molecule has 3 N–H and O–H groups in total. The van der Waals surface area contributed by atoms with E-state index in [1.807, 2.05) is 24.3 Å². The van der Waals surface area contributed by atoms with Crippen molar-refractivity contribution in [2.45, 2.75) is 6.61 Å². The summed E-state index contributed by atoms with van der Waals surface area (Å²) in [6.45, 7) is 0.438. The molecule has 5 heteroatoms. The number of halogens is 1. The van der Waals surface area contributed by atoms with Crippen molar-refractivity contribution in [2.75, 3.05) is 0 Å². The molecule has 0 bridgehead atoms. The molecule has 0 radical (unpaired) electrons. The zero-order chi connectivity index (χ0) is 13.7. The van der Waals surface area contributed by atoms with Crippen LogP contribution >= 0.6 is 15.9 Å². The van der Waals surface area contributed by atoms with E-state index in [4.69, 9.17) is 10.6 Å². The second kappa shape index (κ2) is 6.36. The molecule has 0 atom stereocenters. The van der Waals surface area contributed by atoms with Crippen molar-refractivity contribution in [3.63, 3.8) is 0 Å². The number of carbonyl (C=O) groups is 1. The van der Waals surface area contributed by atoms with Crippen molar-refractivity contribution >= 4 is 21.8 Å². The first-order valence-electron chi connectivity index (χ1n) is 5.67. The Balaban J connectivity index is 2.05. The van der Waals surface area contributed by atoms with Crippen LogP contribution in [-0.4, -0.2) is 5.91 Å². The van der Waals surface area contributed by atoms with Gasteiger partial charge in [-0.1, -0.05) is 34.1 Å². The van der Waals surface area contributed by atoms with Gasteiger partial charge in [-0.15, -0.1) is 0 Å². The fourth-order valence-electron chi connectivity index (χ4n) is 1.60. The van der Waals surface area contributed by atoms with Gasteiger partial charge >= 0.3 is 0 Å². The molecule has 0 aliphatic heterocycles. The van der Waals surface area contributed by atoms with Crippen LogP contribution in [0.25, 0.3) is 0 Å². The first-order valence-corrected chi connectivity index (χ1v) is 6.46. The third-order valence-corrected chi connectivity index (χ3v) is 3.02. The lowest BCUT2D eigenvalue weighted by molar-refractivity contribution is 0.0953. The van der Waals surface area contributed by atoms with Crippen LogP contribution in [0.3, 0.4) is 0 Å². The minimum absolute atomic E-state index is 0.340. The van der Waals surface area contributed by atoms with E-state index in [0.29, 0.717) is 17.9 Å². The minimum Gasteiger partial charge on any atom is -0.489 e. The number of nitrogens with two attached hydrogens (primary N) is 1. The highest BCUT2D eigenvalue weighted by Crippen LogP contribution is 2.17. The Labute approximate surface area is 119 Å². The highest BCUT2D eigenvalue weighted by Gasteiger charge is 2.04. The lowest BCUT2D eigenvalue weighted by Gasteiger charge is -2.08. The van der Waals surface area contributed by atoms with Gasteiger partial charge in [0.15, 0.2) is 0 Å². The Kier molecular flexibility index (Phi) is 4.54. The fraction of sp³-hybridized carbons (Fsp3) is 0.0714. The van der Waals surface area contributed by atoms with Gasteiger partial charge in [0.2, 0.25) is 0 Å². The summed E-state index contributed by atoms with van der Waals surface area (Å²) in [7, 11) is 0. The number of hydrazine groups is 1. The molecule has 4 nitrogen and oxygen atoms in total. The van der Waals surface area contributed by atoms with Gasteiger partial charge < -0.3 is 4.74 Å². The zero-order valence-electron chi connectivity index (χ0n) is 10.1. The van der Waals surface area contributed by atoms with Gasteiger partial charge in [-0.05, 0) is 35.9 Å². The quantitative estimate of drug-likeness (QED) is 0.517. The molecule has 2 rings (SSSR count). The van der Waals surface area contributed by atoms with Crippen molar-refractivity contribution < 1.29 is 9.53 Å². The van der Waals surface area contributed by atoms with Crippen LogP contribution in [0.1, 0.15) is 15.9 Å². The van der Waals surface area contributed by atoms with Crippen LogP contribution in [0.4, 0.5) is 0 Å². The van der Waals surface area contributed by atoms with Gasteiger partial charge in [-0.2, -0.15) is 0 Å². The number of ether oxygens (including phenoxy) is 1. The normalized spacial score (nSPS) is 10.0. The summed E-state index contributed by atoms with van der Waals surface area (Å²) >= 11 is 3.41. The second-order valence-corrected chi connectivity index (χ2v) is 4.84. The number of benzene rings is 2. The molecule has 2 aromatic rings. The Hall–Kier alpha value is -1.85. The lowest BCUT2D eigenvalue weighted by Crippen LogP contribution is -2.29. The number of nitrogen functional groups attached to an aromatic ring is 1. The van der Waals surface area contributed by atoms with Crippen LogP contribution in [0.5, 0.6) is 5.75 Å². The largest absolute Gasteiger partial charge is 0.489 e. The third kappa shape index (κ3) is 3.81. The van der Waals surface area contributed by atoms with Crippen LogP contribution in [0.15, 0.2) is 53.0 Å². The highest BCUT2D eigenvalue weighted by atomic mass is 79.9. The van der Waals surface area contributed by atoms with Gasteiger partial charge in [0.25, 0.3) is 5.91 Å². The van der Waals surface area contributed by atoms with Gasteiger partial charge in [0.05, 0.1) is 0 Å². The first-order chi connectivity index (χ1) is 9.19. The van der Waals surface area contributed by atoms with Gasteiger partial charge in [0, 0.05) is 10.0 Å². The fourth-order valence-corrected chi connectivity index (χ4v) is 2.05. The Morgan fingerprint density at radius 1 is 1.21 bits per heavy atom. The van der Waals surface area contributed by atoms with Crippen LogP contribution in [0.2, 0.25) is 0 Å². The second-order valence-electron chi connectivity index (χ2n) is 3.92. The van der Waals surface area contributed by atoms with E-state index in [1.165, 1.54) is 0 Å². The first kappa shape index (κ1) is 13.6.